The maximum absolute atomic E-state index is 14.1. The number of ether oxygens (including phenoxy) is 3. The van der Waals surface area contributed by atoms with E-state index >= 15 is 0 Å². The molecule has 0 bridgehead atoms. The van der Waals surface area contributed by atoms with Crippen molar-refractivity contribution in [1.29, 1.82) is 0 Å². The molecule has 2 aliphatic carbocycles. The third kappa shape index (κ3) is 9.41. The number of hydrogen-bond acceptors (Lipinski definition) is 9. The highest BCUT2D eigenvalue weighted by atomic mass is 16.6. The molecule has 3 fully saturated rings. The maximum Gasteiger partial charge on any atom is 0.329 e. The lowest BCUT2D eigenvalue weighted by atomic mass is 10.0. The summed E-state index contributed by atoms with van der Waals surface area (Å²) in [7, 11) is 4.93. The summed E-state index contributed by atoms with van der Waals surface area (Å²) >= 11 is 0. The van der Waals surface area contributed by atoms with Crippen LogP contribution < -0.4 is 10.2 Å². The van der Waals surface area contributed by atoms with Crippen LogP contribution in [-0.4, -0.2) is 112 Å². The van der Waals surface area contributed by atoms with E-state index in [-0.39, 0.29) is 12.3 Å². The van der Waals surface area contributed by atoms with Gasteiger partial charge in [0.25, 0.3) is 11.8 Å². The van der Waals surface area contributed by atoms with E-state index in [1.165, 1.54) is 9.80 Å². The van der Waals surface area contributed by atoms with Crippen LogP contribution >= 0.6 is 0 Å². The van der Waals surface area contributed by atoms with E-state index < -0.39 is 42.1 Å². The van der Waals surface area contributed by atoms with Crippen molar-refractivity contribution in [2.75, 3.05) is 58.9 Å². The molecule has 0 spiro atoms. The van der Waals surface area contributed by atoms with Gasteiger partial charge in [-0.1, -0.05) is 37.8 Å². The molecule has 0 radical (unpaired) electrons. The molecule has 2 amide bonds. The van der Waals surface area contributed by atoms with E-state index in [4.69, 9.17) is 14.2 Å². The summed E-state index contributed by atoms with van der Waals surface area (Å²) in [4.78, 5) is 58.5. The fraction of sp³-hybridized carbons (Fsp3) is 0.697. The van der Waals surface area contributed by atoms with Crippen LogP contribution in [0.4, 0.5) is 5.69 Å². The minimum Gasteiger partial charge on any atom is -0.451 e. The molecule has 1 aliphatic heterocycles. The Labute approximate surface area is 261 Å². The van der Waals surface area contributed by atoms with Gasteiger partial charge in [0.15, 0.2) is 12.2 Å². The lowest BCUT2D eigenvalue weighted by Gasteiger charge is -2.31. The Balaban J connectivity index is 1.51. The Bertz CT molecular complexity index is 1130. The third-order valence-electron chi connectivity index (χ3n) is 9.00. The number of morpholine rings is 1. The molecule has 1 heterocycles. The van der Waals surface area contributed by atoms with Crippen LogP contribution in [0.1, 0.15) is 57.9 Å². The van der Waals surface area contributed by atoms with E-state index in [1.807, 2.05) is 31.2 Å². The number of likely N-dealkylation sites (N-methyl/N-ethyl adjacent to an activating group) is 3. The lowest BCUT2D eigenvalue weighted by Crippen LogP contribution is -2.51. The standard InChI is InChI=1S/C33H50N4O7/c1-6-35(4)30(38)22(2)43-33(41)28(20-24-9-10-24)36(5)31(39)29(44-32(40)27(34-3)19-23-7-8-23)21-25-11-13-26(14-12-25)37-15-17-42-18-16-37/h11-14,22-24,27-29,34H,6-10,15-21H2,1-5H3/t22-,27+,28+,29-/m1/s1. The van der Waals surface area contributed by atoms with Gasteiger partial charge in [-0.25, -0.2) is 4.79 Å². The number of carbonyl (C=O) groups is 4. The molecule has 1 saturated heterocycles. The summed E-state index contributed by atoms with van der Waals surface area (Å²) in [6, 6.07) is 6.51. The number of anilines is 1. The van der Waals surface area contributed by atoms with Gasteiger partial charge in [0, 0.05) is 45.8 Å². The molecule has 1 aromatic rings. The molecular formula is C33H50N4O7. The van der Waals surface area contributed by atoms with Crippen molar-refractivity contribution in [3.05, 3.63) is 29.8 Å². The summed E-state index contributed by atoms with van der Waals surface area (Å²) in [5.74, 6) is -1.09. The topological polar surface area (TPSA) is 118 Å². The predicted octanol–water partition coefficient (Wildman–Crippen LogP) is 2.40. The first-order valence-corrected chi connectivity index (χ1v) is 16.1. The molecule has 2 saturated carbocycles. The van der Waals surface area contributed by atoms with Crippen molar-refractivity contribution in [2.24, 2.45) is 11.8 Å². The molecule has 1 N–H and O–H groups in total. The highest BCUT2D eigenvalue weighted by Crippen LogP contribution is 2.36. The molecule has 3 aliphatic rings. The highest BCUT2D eigenvalue weighted by Gasteiger charge is 2.40. The van der Waals surface area contributed by atoms with Gasteiger partial charge in [0.2, 0.25) is 0 Å². The summed E-state index contributed by atoms with van der Waals surface area (Å²) in [5.41, 5.74) is 1.91. The van der Waals surface area contributed by atoms with Gasteiger partial charge in [0.1, 0.15) is 12.1 Å². The van der Waals surface area contributed by atoms with Crippen LogP contribution in [-0.2, 0) is 39.8 Å². The van der Waals surface area contributed by atoms with Gasteiger partial charge in [-0.3, -0.25) is 14.4 Å². The largest absolute Gasteiger partial charge is 0.451 e. The van der Waals surface area contributed by atoms with E-state index in [0.29, 0.717) is 44.4 Å². The fourth-order valence-corrected chi connectivity index (χ4v) is 5.53. The minimum atomic E-state index is -1.13. The Kier molecular flexibility index (Phi) is 12.0. The van der Waals surface area contributed by atoms with Gasteiger partial charge in [-0.2, -0.15) is 0 Å². The normalized spacial score (nSPS) is 19.3. The Morgan fingerprint density at radius 3 is 2.11 bits per heavy atom. The molecule has 1 aromatic carbocycles. The minimum absolute atomic E-state index is 0.166. The molecular weight excluding hydrogens is 564 g/mol. The number of nitrogens with zero attached hydrogens (tertiary/aromatic N) is 3. The van der Waals surface area contributed by atoms with E-state index in [9.17, 15) is 19.2 Å². The average Bonchev–Trinajstić information content (AvgIpc) is 3.98. The Morgan fingerprint density at radius 2 is 1.55 bits per heavy atom. The summed E-state index contributed by atoms with van der Waals surface area (Å²) in [6.45, 7) is 6.86. The smallest absolute Gasteiger partial charge is 0.329 e. The number of rotatable bonds is 16. The molecule has 4 atom stereocenters. The number of benzene rings is 1. The molecule has 44 heavy (non-hydrogen) atoms. The van der Waals surface area contributed by atoms with Crippen LogP contribution in [0.5, 0.6) is 0 Å². The van der Waals surface area contributed by atoms with Crippen molar-refractivity contribution in [3.8, 4) is 0 Å². The number of amides is 2. The van der Waals surface area contributed by atoms with Crippen LogP contribution in [0.3, 0.4) is 0 Å². The quantitative estimate of drug-likeness (QED) is 0.280. The van der Waals surface area contributed by atoms with Gasteiger partial charge < -0.3 is 34.2 Å². The number of esters is 2. The first-order chi connectivity index (χ1) is 21.1. The van der Waals surface area contributed by atoms with Gasteiger partial charge in [-0.15, -0.1) is 0 Å². The first-order valence-electron chi connectivity index (χ1n) is 16.1. The van der Waals surface area contributed by atoms with Crippen LogP contribution in [0, 0.1) is 11.8 Å². The average molecular weight is 615 g/mol. The number of hydrogen-bond donors (Lipinski definition) is 1. The van der Waals surface area contributed by atoms with E-state index in [1.54, 1.807) is 28.1 Å². The molecule has 11 heteroatoms. The van der Waals surface area contributed by atoms with Crippen LogP contribution in [0.2, 0.25) is 0 Å². The first kappa shape index (κ1) is 33.7. The van der Waals surface area contributed by atoms with Gasteiger partial charge in [0.05, 0.1) is 13.2 Å². The number of carbonyl (C=O) groups excluding carboxylic acids is 4. The Hall–Kier alpha value is -3.18. The maximum atomic E-state index is 14.1. The molecule has 0 unspecified atom stereocenters. The second kappa shape index (κ2) is 15.7. The molecule has 11 nitrogen and oxygen atoms in total. The predicted molar refractivity (Wildman–Crippen MR) is 166 cm³/mol. The molecule has 4 rings (SSSR count). The zero-order valence-corrected chi connectivity index (χ0v) is 27.0. The van der Waals surface area contributed by atoms with Crippen molar-refractivity contribution >= 4 is 29.4 Å². The monoisotopic (exact) mass is 614 g/mol. The number of nitrogens with one attached hydrogen (secondary N) is 1. The van der Waals surface area contributed by atoms with Crippen molar-refractivity contribution in [3.63, 3.8) is 0 Å². The van der Waals surface area contributed by atoms with Crippen LogP contribution in [0.15, 0.2) is 24.3 Å². The second-order valence-electron chi connectivity index (χ2n) is 12.5. The highest BCUT2D eigenvalue weighted by molar-refractivity contribution is 5.90. The summed E-state index contributed by atoms with van der Waals surface area (Å²) < 4.78 is 17.0. The van der Waals surface area contributed by atoms with E-state index in [2.05, 4.69) is 10.2 Å². The van der Waals surface area contributed by atoms with Crippen LogP contribution in [0.25, 0.3) is 0 Å². The third-order valence-corrected chi connectivity index (χ3v) is 9.00. The molecule has 0 aromatic heterocycles. The van der Waals surface area contributed by atoms with Gasteiger partial charge >= 0.3 is 11.9 Å². The van der Waals surface area contributed by atoms with Crippen molar-refractivity contribution < 1.29 is 33.4 Å². The Morgan fingerprint density at radius 1 is 0.932 bits per heavy atom. The SMILES string of the molecule is CCN(C)C(=O)[C@@H](C)OC(=O)[C@H](CC1CC1)N(C)C(=O)[C@@H](Cc1ccc(N2CCOCC2)cc1)OC(=O)[C@H](CC1CC1)NC. The van der Waals surface area contributed by atoms with Crippen molar-refractivity contribution in [2.45, 2.75) is 83.1 Å². The lowest BCUT2D eigenvalue weighted by molar-refractivity contribution is -0.169. The van der Waals surface area contributed by atoms with E-state index in [0.717, 1.165) is 50.0 Å². The molecule has 244 valence electrons. The fourth-order valence-electron chi connectivity index (χ4n) is 5.53. The van der Waals surface area contributed by atoms with Gasteiger partial charge in [-0.05, 0) is 63.3 Å². The zero-order valence-electron chi connectivity index (χ0n) is 27.0. The zero-order chi connectivity index (χ0) is 31.8. The summed E-state index contributed by atoms with van der Waals surface area (Å²) in [5, 5.41) is 3.05. The second-order valence-corrected chi connectivity index (χ2v) is 12.5. The summed E-state index contributed by atoms with van der Waals surface area (Å²) in [6.07, 6.45) is 3.27. The van der Waals surface area contributed by atoms with Crippen molar-refractivity contribution in [1.82, 2.24) is 15.1 Å².